The molecule has 0 aromatic carbocycles. The molecule has 0 aliphatic carbocycles. The van der Waals surface area contributed by atoms with Crippen molar-refractivity contribution >= 4 is 11.8 Å². The van der Waals surface area contributed by atoms with Crippen molar-refractivity contribution in [2.24, 2.45) is 5.92 Å². The van der Waals surface area contributed by atoms with Crippen LogP contribution < -0.4 is 0 Å². The SMILES string of the molecule is CCC(CO)COC(=O)CCC(C)=O. The minimum atomic E-state index is -0.368. The number of aliphatic hydroxyl groups is 1. The molecule has 4 nitrogen and oxygen atoms in total. The number of ether oxygens (including phenoxy) is 1. The second-order valence-corrected chi connectivity index (χ2v) is 3.34. The third kappa shape index (κ3) is 6.60. The van der Waals surface area contributed by atoms with Gasteiger partial charge in [0.1, 0.15) is 5.78 Å². The normalized spacial score (nSPS) is 12.2. The maximum Gasteiger partial charge on any atom is 0.306 e. The van der Waals surface area contributed by atoms with Gasteiger partial charge in [0.2, 0.25) is 0 Å². The number of ketones is 1. The summed E-state index contributed by atoms with van der Waals surface area (Å²) in [5.74, 6) is -0.375. The molecule has 0 saturated heterocycles. The average Bonchev–Trinajstić information content (AvgIpc) is 2.16. The fourth-order valence-electron chi connectivity index (χ4n) is 0.861. The van der Waals surface area contributed by atoms with Crippen molar-refractivity contribution < 1.29 is 19.4 Å². The van der Waals surface area contributed by atoms with Gasteiger partial charge in [-0.15, -0.1) is 0 Å². The molecule has 1 atom stereocenters. The maximum absolute atomic E-state index is 11.0. The number of aliphatic hydroxyl groups excluding tert-OH is 1. The molecule has 82 valence electrons. The van der Waals surface area contributed by atoms with Crippen LogP contribution in [0.4, 0.5) is 0 Å². The zero-order chi connectivity index (χ0) is 11.0. The Bertz CT molecular complexity index is 185. The van der Waals surface area contributed by atoms with Crippen LogP contribution in [0.5, 0.6) is 0 Å². The molecule has 0 fully saturated rings. The smallest absolute Gasteiger partial charge is 0.306 e. The van der Waals surface area contributed by atoms with Crippen molar-refractivity contribution in [1.82, 2.24) is 0 Å². The molecule has 1 N–H and O–H groups in total. The third-order valence-electron chi connectivity index (χ3n) is 2.00. The fourth-order valence-corrected chi connectivity index (χ4v) is 0.861. The van der Waals surface area contributed by atoms with Crippen LogP contribution in [0.25, 0.3) is 0 Å². The van der Waals surface area contributed by atoms with E-state index in [-0.39, 0.29) is 43.7 Å². The van der Waals surface area contributed by atoms with E-state index in [0.29, 0.717) is 0 Å². The van der Waals surface area contributed by atoms with Gasteiger partial charge < -0.3 is 14.6 Å². The standard InChI is InChI=1S/C10H18O4/c1-3-9(6-11)7-14-10(13)5-4-8(2)12/h9,11H,3-7H2,1-2H3. The van der Waals surface area contributed by atoms with E-state index in [1.54, 1.807) is 0 Å². The van der Waals surface area contributed by atoms with Crippen molar-refractivity contribution in [3.8, 4) is 0 Å². The Morgan fingerprint density at radius 1 is 1.36 bits per heavy atom. The molecule has 4 heteroatoms. The first-order chi connectivity index (χ1) is 6.60. The summed E-state index contributed by atoms with van der Waals surface area (Å²) in [6.07, 6.45) is 1.14. The summed E-state index contributed by atoms with van der Waals surface area (Å²) in [7, 11) is 0. The molecule has 1 unspecified atom stereocenters. The Kier molecular flexibility index (Phi) is 7.02. The van der Waals surface area contributed by atoms with Gasteiger partial charge in [0.25, 0.3) is 0 Å². The van der Waals surface area contributed by atoms with Crippen LogP contribution in [-0.2, 0) is 14.3 Å². The van der Waals surface area contributed by atoms with Gasteiger partial charge in [0.15, 0.2) is 0 Å². The predicted molar refractivity (Wildman–Crippen MR) is 51.7 cm³/mol. The van der Waals surface area contributed by atoms with Crippen LogP contribution in [0.1, 0.15) is 33.1 Å². The number of hydrogen-bond acceptors (Lipinski definition) is 4. The Balaban J connectivity index is 3.57. The van der Waals surface area contributed by atoms with E-state index in [4.69, 9.17) is 9.84 Å². The number of carbonyl (C=O) groups is 2. The van der Waals surface area contributed by atoms with Crippen molar-refractivity contribution in [3.05, 3.63) is 0 Å². The molecule has 0 bridgehead atoms. The van der Waals surface area contributed by atoms with Gasteiger partial charge in [-0.3, -0.25) is 4.79 Å². The summed E-state index contributed by atoms with van der Waals surface area (Å²) in [4.78, 5) is 21.6. The van der Waals surface area contributed by atoms with Crippen LogP contribution in [0, 0.1) is 5.92 Å². The van der Waals surface area contributed by atoms with Crippen LogP contribution in [0.2, 0.25) is 0 Å². The Labute approximate surface area is 84.3 Å². The molecule has 0 aromatic rings. The second-order valence-electron chi connectivity index (χ2n) is 3.34. The third-order valence-corrected chi connectivity index (χ3v) is 2.00. The summed E-state index contributed by atoms with van der Waals surface area (Å²) >= 11 is 0. The lowest BCUT2D eigenvalue weighted by Crippen LogP contribution is -2.16. The number of Topliss-reactive ketones (excluding diaryl/α,β-unsaturated/α-hetero) is 1. The van der Waals surface area contributed by atoms with E-state index in [2.05, 4.69) is 0 Å². The Hall–Kier alpha value is -0.900. The van der Waals surface area contributed by atoms with Crippen LogP contribution in [0.3, 0.4) is 0 Å². The van der Waals surface area contributed by atoms with E-state index in [9.17, 15) is 9.59 Å². The van der Waals surface area contributed by atoms with Crippen LogP contribution >= 0.6 is 0 Å². The van der Waals surface area contributed by atoms with Crippen LogP contribution in [-0.4, -0.2) is 30.1 Å². The molecule has 0 amide bonds. The minimum absolute atomic E-state index is 0.0104. The highest BCUT2D eigenvalue weighted by Gasteiger charge is 2.09. The molecule has 0 aliphatic rings. The summed E-state index contributed by atoms with van der Waals surface area (Å²) in [6, 6.07) is 0. The lowest BCUT2D eigenvalue weighted by Gasteiger charge is -2.11. The molecule has 0 aromatic heterocycles. The van der Waals surface area contributed by atoms with E-state index >= 15 is 0 Å². The zero-order valence-corrected chi connectivity index (χ0v) is 8.78. The van der Waals surface area contributed by atoms with Gasteiger partial charge in [-0.1, -0.05) is 6.92 Å². The van der Waals surface area contributed by atoms with Gasteiger partial charge in [-0.05, 0) is 13.3 Å². The Morgan fingerprint density at radius 2 is 2.00 bits per heavy atom. The number of carbonyl (C=O) groups excluding carboxylic acids is 2. The first-order valence-electron chi connectivity index (χ1n) is 4.86. The van der Waals surface area contributed by atoms with Crippen molar-refractivity contribution in [2.75, 3.05) is 13.2 Å². The van der Waals surface area contributed by atoms with Gasteiger partial charge in [0, 0.05) is 18.9 Å². The molecular weight excluding hydrogens is 184 g/mol. The maximum atomic E-state index is 11.0. The van der Waals surface area contributed by atoms with E-state index < -0.39 is 0 Å². The van der Waals surface area contributed by atoms with Crippen LogP contribution in [0.15, 0.2) is 0 Å². The van der Waals surface area contributed by atoms with Crippen molar-refractivity contribution in [2.45, 2.75) is 33.1 Å². The lowest BCUT2D eigenvalue weighted by atomic mass is 10.1. The van der Waals surface area contributed by atoms with Gasteiger partial charge >= 0.3 is 5.97 Å². The predicted octanol–water partition coefficient (Wildman–Crippen LogP) is 0.917. The number of rotatable bonds is 7. The first kappa shape index (κ1) is 13.1. The summed E-state index contributed by atoms with van der Waals surface area (Å²) in [5, 5.41) is 8.81. The summed E-state index contributed by atoms with van der Waals surface area (Å²) < 4.78 is 4.89. The molecule has 0 rings (SSSR count). The fraction of sp³-hybridized carbons (Fsp3) is 0.800. The van der Waals surface area contributed by atoms with Gasteiger partial charge in [0.05, 0.1) is 13.0 Å². The summed E-state index contributed by atoms with van der Waals surface area (Å²) in [5.41, 5.74) is 0. The van der Waals surface area contributed by atoms with Gasteiger partial charge in [-0.2, -0.15) is 0 Å². The van der Waals surface area contributed by atoms with Crippen molar-refractivity contribution in [1.29, 1.82) is 0 Å². The molecule has 0 aliphatic heterocycles. The van der Waals surface area contributed by atoms with E-state index in [0.717, 1.165) is 6.42 Å². The summed E-state index contributed by atoms with van der Waals surface area (Å²) in [6.45, 7) is 3.63. The molecule has 0 spiro atoms. The molecule has 0 saturated carbocycles. The highest BCUT2D eigenvalue weighted by Crippen LogP contribution is 2.03. The number of esters is 1. The molecule has 0 radical (unpaired) electrons. The monoisotopic (exact) mass is 202 g/mol. The minimum Gasteiger partial charge on any atom is -0.465 e. The Morgan fingerprint density at radius 3 is 2.43 bits per heavy atom. The number of hydrogen-bond donors (Lipinski definition) is 1. The first-order valence-corrected chi connectivity index (χ1v) is 4.86. The van der Waals surface area contributed by atoms with Crippen molar-refractivity contribution in [3.63, 3.8) is 0 Å². The van der Waals surface area contributed by atoms with E-state index in [1.807, 2.05) is 6.92 Å². The molecule has 0 heterocycles. The largest absolute Gasteiger partial charge is 0.465 e. The van der Waals surface area contributed by atoms with Gasteiger partial charge in [-0.25, -0.2) is 0 Å². The quantitative estimate of drug-likeness (QED) is 0.623. The molecular formula is C10H18O4. The second kappa shape index (κ2) is 7.50. The highest BCUT2D eigenvalue weighted by molar-refractivity contribution is 5.80. The topological polar surface area (TPSA) is 63.6 Å². The lowest BCUT2D eigenvalue weighted by molar-refractivity contribution is -0.146. The zero-order valence-electron chi connectivity index (χ0n) is 8.78. The highest BCUT2D eigenvalue weighted by atomic mass is 16.5. The molecule has 14 heavy (non-hydrogen) atoms. The average molecular weight is 202 g/mol. The van der Waals surface area contributed by atoms with E-state index in [1.165, 1.54) is 6.92 Å².